The Balaban J connectivity index is 1.92. The van der Waals surface area contributed by atoms with Crippen molar-refractivity contribution in [3.05, 3.63) is 78.8 Å². The van der Waals surface area contributed by atoms with Crippen molar-refractivity contribution in [1.29, 1.82) is 0 Å². The van der Waals surface area contributed by atoms with Crippen LogP contribution in [0.5, 0.6) is 0 Å². The highest BCUT2D eigenvalue weighted by Gasteiger charge is 2.09. The third kappa shape index (κ3) is 2.17. The van der Waals surface area contributed by atoms with Gasteiger partial charge >= 0.3 is 0 Å². The maximum atomic E-state index is 4.61. The summed E-state index contributed by atoms with van der Waals surface area (Å²) in [5.74, 6) is 0. The molecule has 0 aliphatic rings. The number of nitrogens with zero attached hydrogens (tertiary/aromatic N) is 3. The van der Waals surface area contributed by atoms with Crippen LogP contribution >= 0.6 is 0 Å². The number of pyridine rings is 2. The molecule has 3 heterocycles. The molecular formula is C19H15N3. The molecule has 4 rings (SSSR count). The van der Waals surface area contributed by atoms with Gasteiger partial charge in [-0.3, -0.25) is 4.98 Å². The topological polar surface area (TPSA) is 30.2 Å². The van der Waals surface area contributed by atoms with Gasteiger partial charge in [0.25, 0.3) is 0 Å². The van der Waals surface area contributed by atoms with E-state index in [4.69, 9.17) is 0 Å². The smallest absolute Gasteiger partial charge is 0.0780 e. The molecule has 0 fully saturated rings. The van der Waals surface area contributed by atoms with Crippen LogP contribution in [0.1, 0.15) is 5.56 Å². The van der Waals surface area contributed by atoms with Crippen molar-refractivity contribution in [2.45, 2.75) is 6.92 Å². The van der Waals surface area contributed by atoms with E-state index in [1.165, 1.54) is 5.56 Å². The molecule has 22 heavy (non-hydrogen) atoms. The second-order valence-electron chi connectivity index (χ2n) is 5.39. The van der Waals surface area contributed by atoms with Gasteiger partial charge in [-0.2, -0.15) is 5.10 Å². The van der Waals surface area contributed by atoms with Crippen molar-refractivity contribution < 1.29 is 0 Å². The van der Waals surface area contributed by atoms with Gasteiger partial charge in [-0.25, -0.2) is 4.52 Å². The van der Waals surface area contributed by atoms with E-state index in [1.54, 1.807) is 0 Å². The lowest BCUT2D eigenvalue weighted by atomic mass is 9.99. The fraction of sp³-hybridized carbons (Fsp3) is 0.0526. The highest BCUT2D eigenvalue weighted by atomic mass is 15.2. The summed E-state index contributed by atoms with van der Waals surface area (Å²) in [5, 5.41) is 4.25. The van der Waals surface area contributed by atoms with Crippen LogP contribution < -0.4 is 0 Å². The molecule has 0 spiro atoms. The highest BCUT2D eigenvalue weighted by molar-refractivity contribution is 5.82. The zero-order valence-corrected chi connectivity index (χ0v) is 12.3. The standard InChI is InChI=1S/C19H15N3/c1-14-4-2-5-16(12-14)19-18(6-3-9-20-19)15-8-11-22-17(13-15)7-10-21-22/h2-13H,1H3. The molecule has 3 aromatic heterocycles. The molecule has 0 aliphatic carbocycles. The second kappa shape index (κ2) is 5.11. The molecule has 0 N–H and O–H groups in total. The fourth-order valence-corrected chi connectivity index (χ4v) is 2.75. The summed E-state index contributed by atoms with van der Waals surface area (Å²) in [5.41, 5.74) is 6.75. The first-order valence-corrected chi connectivity index (χ1v) is 7.27. The van der Waals surface area contributed by atoms with Crippen molar-refractivity contribution in [1.82, 2.24) is 14.6 Å². The van der Waals surface area contributed by atoms with E-state index in [0.717, 1.165) is 27.9 Å². The summed E-state index contributed by atoms with van der Waals surface area (Å²) >= 11 is 0. The summed E-state index contributed by atoms with van der Waals surface area (Å²) < 4.78 is 1.87. The predicted octanol–water partition coefficient (Wildman–Crippen LogP) is 4.37. The van der Waals surface area contributed by atoms with Gasteiger partial charge in [0, 0.05) is 29.7 Å². The van der Waals surface area contributed by atoms with Crippen LogP contribution in [0.25, 0.3) is 27.9 Å². The van der Waals surface area contributed by atoms with Crippen LogP contribution in [0.2, 0.25) is 0 Å². The van der Waals surface area contributed by atoms with Gasteiger partial charge in [-0.05, 0) is 42.8 Å². The number of rotatable bonds is 2. The molecule has 0 aliphatic heterocycles. The predicted molar refractivity (Wildman–Crippen MR) is 88.6 cm³/mol. The van der Waals surface area contributed by atoms with Crippen molar-refractivity contribution in [3.8, 4) is 22.4 Å². The fourth-order valence-electron chi connectivity index (χ4n) is 2.75. The van der Waals surface area contributed by atoms with Crippen LogP contribution in [0.3, 0.4) is 0 Å². The molecule has 4 aromatic rings. The quantitative estimate of drug-likeness (QED) is 0.547. The van der Waals surface area contributed by atoms with Crippen LogP contribution in [0.15, 0.2) is 73.2 Å². The Morgan fingerprint density at radius 2 is 1.82 bits per heavy atom. The van der Waals surface area contributed by atoms with E-state index in [-0.39, 0.29) is 0 Å². The van der Waals surface area contributed by atoms with Crippen LogP contribution in [0, 0.1) is 6.92 Å². The molecule has 0 radical (unpaired) electrons. The van der Waals surface area contributed by atoms with Gasteiger partial charge in [0.15, 0.2) is 0 Å². The Morgan fingerprint density at radius 1 is 0.864 bits per heavy atom. The maximum absolute atomic E-state index is 4.61. The van der Waals surface area contributed by atoms with Gasteiger partial charge in [0.2, 0.25) is 0 Å². The van der Waals surface area contributed by atoms with E-state index in [0.29, 0.717) is 0 Å². The highest BCUT2D eigenvalue weighted by Crippen LogP contribution is 2.30. The van der Waals surface area contributed by atoms with Crippen LogP contribution in [-0.2, 0) is 0 Å². The third-order valence-electron chi connectivity index (χ3n) is 3.81. The van der Waals surface area contributed by atoms with Crippen molar-refractivity contribution in [3.63, 3.8) is 0 Å². The van der Waals surface area contributed by atoms with Gasteiger partial charge in [0.05, 0.1) is 11.2 Å². The summed E-state index contributed by atoms with van der Waals surface area (Å²) in [6.07, 6.45) is 5.64. The zero-order chi connectivity index (χ0) is 14.9. The Labute approximate surface area is 128 Å². The molecule has 0 bridgehead atoms. The van der Waals surface area contributed by atoms with E-state index in [1.807, 2.05) is 35.2 Å². The lowest BCUT2D eigenvalue weighted by Gasteiger charge is -2.10. The number of aromatic nitrogens is 3. The van der Waals surface area contributed by atoms with Gasteiger partial charge in [-0.1, -0.05) is 29.8 Å². The van der Waals surface area contributed by atoms with Crippen LogP contribution in [0.4, 0.5) is 0 Å². The zero-order valence-electron chi connectivity index (χ0n) is 12.3. The normalized spacial score (nSPS) is 11.0. The number of fused-ring (bicyclic) bond motifs is 1. The van der Waals surface area contributed by atoms with Gasteiger partial charge < -0.3 is 0 Å². The largest absolute Gasteiger partial charge is 0.256 e. The van der Waals surface area contributed by atoms with Crippen molar-refractivity contribution in [2.75, 3.05) is 0 Å². The van der Waals surface area contributed by atoms with E-state index in [2.05, 4.69) is 59.5 Å². The minimum absolute atomic E-state index is 1.01. The third-order valence-corrected chi connectivity index (χ3v) is 3.81. The number of hydrogen-bond acceptors (Lipinski definition) is 2. The molecule has 3 heteroatoms. The molecule has 0 amide bonds. The molecule has 0 saturated heterocycles. The molecule has 0 unspecified atom stereocenters. The first-order chi connectivity index (χ1) is 10.8. The molecule has 106 valence electrons. The molecular weight excluding hydrogens is 270 g/mol. The van der Waals surface area contributed by atoms with Gasteiger partial charge in [0.1, 0.15) is 0 Å². The average molecular weight is 285 g/mol. The monoisotopic (exact) mass is 285 g/mol. The van der Waals surface area contributed by atoms with Gasteiger partial charge in [-0.15, -0.1) is 0 Å². The van der Waals surface area contributed by atoms with Crippen LogP contribution in [-0.4, -0.2) is 14.6 Å². The summed E-state index contributed by atoms with van der Waals surface area (Å²) in [7, 11) is 0. The van der Waals surface area contributed by atoms with E-state index in [9.17, 15) is 0 Å². The molecule has 0 saturated carbocycles. The minimum atomic E-state index is 1.01. The molecule has 3 nitrogen and oxygen atoms in total. The summed E-state index contributed by atoms with van der Waals surface area (Å²) in [6, 6.07) is 18.8. The van der Waals surface area contributed by atoms with E-state index < -0.39 is 0 Å². The Morgan fingerprint density at radius 3 is 2.73 bits per heavy atom. The average Bonchev–Trinajstić information content (AvgIpc) is 3.02. The lowest BCUT2D eigenvalue weighted by molar-refractivity contribution is 0.962. The van der Waals surface area contributed by atoms with Crippen molar-refractivity contribution in [2.24, 2.45) is 0 Å². The number of hydrogen-bond donors (Lipinski definition) is 0. The second-order valence-corrected chi connectivity index (χ2v) is 5.39. The van der Waals surface area contributed by atoms with Crippen molar-refractivity contribution >= 4 is 5.52 Å². The lowest BCUT2D eigenvalue weighted by Crippen LogP contribution is -1.91. The maximum Gasteiger partial charge on any atom is 0.0780 e. The Kier molecular flexibility index (Phi) is 2.97. The molecule has 1 aromatic carbocycles. The Hall–Kier alpha value is -2.94. The number of aryl methyl sites for hydroxylation is 1. The SMILES string of the molecule is Cc1cccc(-c2ncccc2-c2ccn3nccc3c2)c1. The van der Waals surface area contributed by atoms with E-state index >= 15 is 0 Å². The number of benzene rings is 1. The minimum Gasteiger partial charge on any atom is -0.256 e. The first kappa shape index (κ1) is 12.8. The molecule has 0 atom stereocenters. The Bertz CT molecular complexity index is 953. The summed E-state index contributed by atoms with van der Waals surface area (Å²) in [6.45, 7) is 2.10. The first-order valence-electron chi connectivity index (χ1n) is 7.27. The summed E-state index contributed by atoms with van der Waals surface area (Å²) in [4.78, 5) is 4.61.